The summed E-state index contributed by atoms with van der Waals surface area (Å²) < 4.78 is 30.9. The van der Waals surface area contributed by atoms with Crippen LogP contribution in [-0.4, -0.2) is 50.9 Å². The smallest absolute Gasteiger partial charge is 0.232 e. The molecular weight excluding hydrogens is 348 g/mol. The summed E-state index contributed by atoms with van der Waals surface area (Å²) >= 11 is 3.31. The lowest BCUT2D eigenvalue weighted by atomic mass is 10.1. The molecule has 1 aromatic rings. The van der Waals surface area contributed by atoms with Gasteiger partial charge in [-0.3, -0.25) is 0 Å². The van der Waals surface area contributed by atoms with Gasteiger partial charge in [-0.1, -0.05) is 0 Å². The first-order valence-electron chi connectivity index (χ1n) is 6.18. The summed E-state index contributed by atoms with van der Waals surface area (Å²) in [5, 5.41) is 0. The molecule has 0 atom stereocenters. The van der Waals surface area contributed by atoms with Gasteiger partial charge in [-0.2, -0.15) is 4.98 Å². The number of methoxy groups -OCH3 is 1. The minimum absolute atomic E-state index is 0.0152. The first-order chi connectivity index (χ1) is 9.39. The fourth-order valence-electron chi connectivity index (χ4n) is 2.14. The molecule has 20 heavy (non-hydrogen) atoms. The second kappa shape index (κ2) is 6.23. The lowest BCUT2D eigenvalue weighted by Crippen LogP contribution is -2.44. The zero-order chi connectivity index (χ0) is 14.8. The number of piperidine rings is 1. The largest absolute Gasteiger partial charge is 0.480 e. The Morgan fingerprint density at radius 1 is 1.45 bits per heavy atom. The number of hydrogen-bond acceptors (Lipinski definition) is 6. The number of halogens is 1. The zero-order valence-corrected chi connectivity index (χ0v) is 13.7. The summed E-state index contributed by atoms with van der Waals surface area (Å²) in [5.74, 6) is 1.09. The predicted molar refractivity (Wildman–Crippen MR) is 79.5 cm³/mol. The van der Waals surface area contributed by atoms with Crippen LogP contribution in [0.1, 0.15) is 12.8 Å². The van der Waals surface area contributed by atoms with Crippen molar-refractivity contribution in [3.05, 3.63) is 10.7 Å². The fraction of sp³-hybridized carbons (Fsp3) is 0.636. The Labute approximate surface area is 126 Å². The van der Waals surface area contributed by atoms with Crippen molar-refractivity contribution in [1.29, 1.82) is 0 Å². The van der Waals surface area contributed by atoms with E-state index in [-0.39, 0.29) is 6.04 Å². The van der Waals surface area contributed by atoms with Gasteiger partial charge < -0.3 is 9.64 Å². The van der Waals surface area contributed by atoms with Gasteiger partial charge in [-0.25, -0.2) is 18.1 Å². The van der Waals surface area contributed by atoms with Gasteiger partial charge in [0.2, 0.25) is 21.9 Å². The van der Waals surface area contributed by atoms with E-state index < -0.39 is 10.0 Å². The number of rotatable bonds is 4. The molecule has 0 bridgehead atoms. The second-order valence-corrected chi connectivity index (χ2v) is 7.31. The number of aromatic nitrogens is 2. The highest BCUT2D eigenvalue weighted by atomic mass is 79.9. The number of nitrogens with zero attached hydrogens (tertiary/aromatic N) is 3. The molecule has 112 valence electrons. The minimum atomic E-state index is -3.15. The van der Waals surface area contributed by atoms with E-state index in [4.69, 9.17) is 4.74 Å². The van der Waals surface area contributed by atoms with E-state index in [0.29, 0.717) is 29.4 Å². The maximum atomic E-state index is 11.2. The minimum Gasteiger partial charge on any atom is -0.480 e. The molecule has 0 amide bonds. The highest BCUT2D eigenvalue weighted by Gasteiger charge is 2.23. The average molecular weight is 365 g/mol. The molecule has 0 saturated carbocycles. The Kier molecular flexibility index (Phi) is 4.82. The molecule has 1 N–H and O–H groups in total. The van der Waals surface area contributed by atoms with Crippen LogP contribution in [0.15, 0.2) is 10.7 Å². The van der Waals surface area contributed by atoms with E-state index in [1.54, 1.807) is 13.3 Å². The zero-order valence-electron chi connectivity index (χ0n) is 11.3. The molecule has 1 saturated heterocycles. The van der Waals surface area contributed by atoms with Crippen LogP contribution >= 0.6 is 15.9 Å². The van der Waals surface area contributed by atoms with E-state index in [9.17, 15) is 8.42 Å². The topological polar surface area (TPSA) is 84.4 Å². The van der Waals surface area contributed by atoms with Crippen LogP contribution in [0, 0.1) is 0 Å². The van der Waals surface area contributed by atoms with Crippen molar-refractivity contribution in [2.45, 2.75) is 18.9 Å². The van der Waals surface area contributed by atoms with Crippen molar-refractivity contribution in [2.75, 3.05) is 31.4 Å². The Hall–Kier alpha value is -0.930. The normalized spacial score (nSPS) is 17.2. The van der Waals surface area contributed by atoms with Crippen LogP contribution in [0.2, 0.25) is 0 Å². The van der Waals surface area contributed by atoms with E-state index in [0.717, 1.165) is 12.8 Å². The van der Waals surface area contributed by atoms with Crippen molar-refractivity contribution in [1.82, 2.24) is 14.7 Å². The van der Waals surface area contributed by atoms with Gasteiger partial charge in [-0.15, -0.1) is 0 Å². The molecule has 0 spiro atoms. The summed E-state index contributed by atoms with van der Waals surface area (Å²) in [5.41, 5.74) is 0. The average Bonchev–Trinajstić information content (AvgIpc) is 2.38. The molecule has 1 aliphatic heterocycles. The standard InChI is InChI=1S/C11H17BrN4O3S/c1-19-10-9(12)7-13-11(14-10)16-5-3-8(4-6-16)15-20(2,17)18/h7-8,15H,3-6H2,1-2H3. The van der Waals surface area contributed by atoms with Crippen LogP contribution in [0.25, 0.3) is 0 Å². The van der Waals surface area contributed by atoms with Crippen molar-refractivity contribution in [2.24, 2.45) is 0 Å². The van der Waals surface area contributed by atoms with E-state index >= 15 is 0 Å². The quantitative estimate of drug-likeness (QED) is 0.849. The van der Waals surface area contributed by atoms with Gasteiger partial charge >= 0.3 is 0 Å². The second-order valence-electron chi connectivity index (χ2n) is 4.68. The Morgan fingerprint density at radius 2 is 2.10 bits per heavy atom. The number of nitrogens with one attached hydrogen (secondary N) is 1. The summed E-state index contributed by atoms with van der Waals surface area (Å²) in [7, 11) is -1.59. The van der Waals surface area contributed by atoms with E-state index in [1.165, 1.54) is 6.26 Å². The highest BCUT2D eigenvalue weighted by molar-refractivity contribution is 9.10. The molecule has 1 fully saturated rings. The summed E-state index contributed by atoms with van der Waals surface area (Å²) in [6.07, 6.45) is 4.30. The van der Waals surface area contributed by atoms with Gasteiger partial charge in [0, 0.05) is 19.1 Å². The van der Waals surface area contributed by atoms with Gasteiger partial charge in [0.25, 0.3) is 0 Å². The van der Waals surface area contributed by atoms with Crippen LogP contribution in [0.3, 0.4) is 0 Å². The Balaban J connectivity index is 2.00. The number of sulfonamides is 1. The molecule has 9 heteroatoms. The van der Waals surface area contributed by atoms with Crippen LogP contribution in [-0.2, 0) is 10.0 Å². The molecular formula is C11H17BrN4O3S. The maximum Gasteiger partial charge on any atom is 0.232 e. The van der Waals surface area contributed by atoms with Crippen molar-refractivity contribution >= 4 is 31.9 Å². The molecule has 2 rings (SSSR count). The molecule has 2 heterocycles. The van der Waals surface area contributed by atoms with Gasteiger partial charge in [0.15, 0.2) is 0 Å². The van der Waals surface area contributed by atoms with Crippen molar-refractivity contribution < 1.29 is 13.2 Å². The van der Waals surface area contributed by atoms with Crippen LogP contribution < -0.4 is 14.4 Å². The molecule has 0 aromatic carbocycles. The third-order valence-corrected chi connectivity index (χ3v) is 4.36. The van der Waals surface area contributed by atoms with Gasteiger partial charge in [-0.05, 0) is 28.8 Å². The maximum absolute atomic E-state index is 11.2. The van der Waals surface area contributed by atoms with E-state index in [1.807, 2.05) is 4.90 Å². The lowest BCUT2D eigenvalue weighted by molar-refractivity contribution is 0.392. The Bertz CT molecular complexity index is 573. The third-order valence-electron chi connectivity index (χ3n) is 3.05. The first-order valence-corrected chi connectivity index (χ1v) is 8.86. The van der Waals surface area contributed by atoms with E-state index in [2.05, 4.69) is 30.6 Å². The number of hydrogen-bond donors (Lipinski definition) is 1. The molecule has 1 aromatic heterocycles. The highest BCUT2D eigenvalue weighted by Crippen LogP contribution is 2.24. The molecule has 0 unspecified atom stereocenters. The Morgan fingerprint density at radius 3 is 2.65 bits per heavy atom. The summed E-state index contributed by atoms with van der Waals surface area (Å²) in [4.78, 5) is 10.6. The summed E-state index contributed by atoms with van der Waals surface area (Å²) in [6.45, 7) is 1.41. The lowest BCUT2D eigenvalue weighted by Gasteiger charge is -2.32. The third kappa shape index (κ3) is 4.03. The monoisotopic (exact) mass is 364 g/mol. The number of anilines is 1. The molecule has 7 nitrogen and oxygen atoms in total. The van der Waals surface area contributed by atoms with Crippen LogP contribution in [0.4, 0.5) is 5.95 Å². The SMILES string of the molecule is COc1nc(N2CCC(NS(C)(=O)=O)CC2)ncc1Br. The molecule has 1 aliphatic rings. The molecule has 0 aliphatic carbocycles. The number of ether oxygens (including phenoxy) is 1. The van der Waals surface area contributed by atoms with Gasteiger partial charge in [0.1, 0.15) is 0 Å². The first kappa shape index (κ1) is 15.5. The van der Waals surface area contributed by atoms with Crippen molar-refractivity contribution in [3.8, 4) is 5.88 Å². The van der Waals surface area contributed by atoms with Crippen LogP contribution in [0.5, 0.6) is 5.88 Å². The fourth-order valence-corrected chi connectivity index (χ4v) is 3.33. The predicted octanol–water partition coefficient (Wildman–Crippen LogP) is 0.766. The molecule has 0 radical (unpaired) electrons. The van der Waals surface area contributed by atoms with Gasteiger partial charge in [0.05, 0.1) is 24.0 Å². The van der Waals surface area contributed by atoms with Crippen molar-refractivity contribution in [3.63, 3.8) is 0 Å². The summed E-state index contributed by atoms with van der Waals surface area (Å²) in [6, 6.07) is -0.0152.